The van der Waals surface area contributed by atoms with Gasteiger partial charge in [0.15, 0.2) is 0 Å². The molecule has 0 spiro atoms. The van der Waals surface area contributed by atoms with E-state index in [1.54, 1.807) is 0 Å². The van der Waals surface area contributed by atoms with E-state index >= 15 is 0 Å². The highest BCUT2D eigenvalue weighted by atomic mass is 16.6. The summed E-state index contributed by atoms with van der Waals surface area (Å²) in [7, 11) is 0. The second kappa shape index (κ2) is 3.90. The van der Waals surface area contributed by atoms with Crippen molar-refractivity contribution in [1.29, 1.82) is 0 Å². The normalized spacial score (nSPS) is 21.7. The van der Waals surface area contributed by atoms with Crippen molar-refractivity contribution in [3.05, 3.63) is 12.7 Å². The fourth-order valence-corrected chi connectivity index (χ4v) is 0.934. The number of hydrogen-bond donors (Lipinski definition) is 0. The third-order valence-corrected chi connectivity index (χ3v) is 1.55. The summed E-state index contributed by atoms with van der Waals surface area (Å²) in [5.74, 6) is -0.715. The molecule has 0 aromatic carbocycles. The molecule has 0 radical (unpaired) electrons. The number of esters is 2. The second-order valence-electron chi connectivity index (χ2n) is 2.48. The molecule has 1 aliphatic rings. The van der Waals surface area contributed by atoms with Crippen molar-refractivity contribution in [2.75, 3.05) is 6.61 Å². The van der Waals surface area contributed by atoms with E-state index in [2.05, 4.69) is 11.3 Å². The zero-order valence-electron chi connectivity index (χ0n) is 6.62. The first-order valence-electron chi connectivity index (χ1n) is 3.71. The first kappa shape index (κ1) is 8.77. The van der Waals surface area contributed by atoms with Crippen molar-refractivity contribution >= 4 is 11.9 Å². The van der Waals surface area contributed by atoms with Crippen LogP contribution < -0.4 is 0 Å². The number of carbonyl (C=O) groups is 2. The van der Waals surface area contributed by atoms with E-state index in [-0.39, 0.29) is 18.7 Å². The highest BCUT2D eigenvalue weighted by molar-refractivity contribution is 5.81. The standard InChI is InChI=1S/C8H10O4/c1-2-7(9)11-5-6-3-4-8(10)12-6/h2,6H,1,3-5H2. The predicted molar refractivity (Wildman–Crippen MR) is 40.3 cm³/mol. The zero-order chi connectivity index (χ0) is 8.97. The van der Waals surface area contributed by atoms with Crippen LogP contribution in [0.3, 0.4) is 0 Å². The Morgan fingerprint density at radius 1 is 1.83 bits per heavy atom. The van der Waals surface area contributed by atoms with Gasteiger partial charge in [-0.3, -0.25) is 4.79 Å². The molecule has 1 unspecified atom stereocenters. The molecule has 1 atom stereocenters. The molecule has 0 aromatic rings. The molecular formula is C8H10O4. The van der Waals surface area contributed by atoms with Crippen LogP contribution in [0.1, 0.15) is 12.8 Å². The largest absolute Gasteiger partial charge is 0.459 e. The van der Waals surface area contributed by atoms with Crippen LogP contribution in [0, 0.1) is 0 Å². The molecular weight excluding hydrogens is 160 g/mol. The monoisotopic (exact) mass is 170 g/mol. The van der Waals surface area contributed by atoms with Crippen molar-refractivity contribution < 1.29 is 19.1 Å². The molecule has 1 saturated heterocycles. The summed E-state index contributed by atoms with van der Waals surface area (Å²) in [6, 6.07) is 0. The van der Waals surface area contributed by atoms with Crippen LogP contribution in [0.2, 0.25) is 0 Å². The van der Waals surface area contributed by atoms with E-state index in [0.29, 0.717) is 12.8 Å². The number of ether oxygens (including phenoxy) is 2. The summed E-state index contributed by atoms with van der Waals surface area (Å²) in [5, 5.41) is 0. The topological polar surface area (TPSA) is 52.6 Å². The van der Waals surface area contributed by atoms with E-state index in [1.807, 2.05) is 0 Å². The molecule has 66 valence electrons. The molecule has 12 heavy (non-hydrogen) atoms. The Morgan fingerprint density at radius 2 is 2.58 bits per heavy atom. The fraction of sp³-hybridized carbons (Fsp3) is 0.500. The zero-order valence-corrected chi connectivity index (χ0v) is 6.62. The number of carbonyl (C=O) groups excluding carboxylic acids is 2. The predicted octanol–water partition coefficient (Wildman–Crippen LogP) is 0.421. The fourth-order valence-electron chi connectivity index (χ4n) is 0.934. The Hall–Kier alpha value is -1.32. The number of cyclic esters (lactones) is 1. The van der Waals surface area contributed by atoms with Crippen LogP contribution in [-0.4, -0.2) is 24.6 Å². The van der Waals surface area contributed by atoms with Gasteiger partial charge >= 0.3 is 11.9 Å². The maximum absolute atomic E-state index is 10.6. The van der Waals surface area contributed by atoms with Crippen molar-refractivity contribution in [1.82, 2.24) is 0 Å². The summed E-state index contributed by atoms with van der Waals surface area (Å²) >= 11 is 0. The first-order chi connectivity index (χ1) is 5.72. The van der Waals surface area contributed by atoms with Crippen LogP contribution >= 0.6 is 0 Å². The van der Waals surface area contributed by atoms with Gasteiger partial charge in [0.05, 0.1) is 0 Å². The first-order valence-corrected chi connectivity index (χ1v) is 3.71. The van der Waals surface area contributed by atoms with Crippen molar-refractivity contribution in [2.45, 2.75) is 18.9 Å². The minimum Gasteiger partial charge on any atom is -0.459 e. The summed E-state index contributed by atoms with van der Waals surface area (Å²) < 4.78 is 9.49. The van der Waals surface area contributed by atoms with E-state index < -0.39 is 5.97 Å². The Labute approximate surface area is 70.1 Å². The molecule has 0 saturated carbocycles. The van der Waals surface area contributed by atoms with E-state index in [0.717, 1.165) is 6.08 Å². The highest BCUT2D eigenvalue weighted by Crippen LogP contribution is 2.13. The third kappa shape index (κ3) is 2.38. The Morgan fingerprint density at radius 3 is 3.08 bits per heavy atom. The summed E-state index contributed by atoms with van der Waals surface area (Å²) in [5.41, 5.74) is 0. The van der Waals surface area contributed by atoms with Gasteiger partial charge < -0.3 is 9.47 Å². The van der Waals surface area contributed by atoms with Gasteiger partial charge in [0.1, 0.15) is 12.7 Å². The second-order valence-corrected chi connectivity index (χ2v) is 2.48. The van der Waals surface area contributed by atoms with Crippen molar-refractivity contribution in [3.8, 4) is 0 Å². The van der Waals surface area contributed by atoms with Crippen LogP contribution in [0.15, 0.2) is 12.7 Å². The van der Waals surface area contributed by atoms with Gasteiger partial charge in [-0.1, -0.05) is 6.58 Å². The van der Waals surface area contributed by atoms with Crippen LogP contribution in [0.4, 0.5) is 0 Å². The van der Waals surface area contributed by atoms with Gasteiger partial charge in [-0.25, -0.2) is 4.79 Å². The van der Waals surface area contributed by atoms with E-state index in [1.165, 1.54) is 0 Å². The molecule has 1 rings (SSSR count). The maximum atomic E-state index is 10.6. The van der Waals surface area contributed by atoms with Crippen LogP contribution in [-0.2, 0) is 19.1 Å². The summed E-state index contributed by atoms with van der Waals surface area (Å²) in [6.45, 7) is 3.37. The molecule has 0 aliphatic carbocycles. The van der Waals surface area contributed by atoms with Crippen LogP contribution in [0.5, 0.6) is 0 Å². The van der Waals surface area contributed by atoms with E-state index in [9.17, 15) is 9.59 Å². The van der Waals surface area contributed by atoms with Gasteiger partial charge in [0, 0.05) is 12.5 Å². The lowest BCUT2D eigenvalue weighted by atomic mass is 10.2. The van der Waals surface area contributed by atoms with Gasteiger partial charge in [-0.05, 0) is 6.42 Å². The molecule has 1 fully saturated rings. The Kier molecular flexibility index (Phi) is 2.85. The Bertz CT molecular complexity index is 209. The van der Waals surface area contributed by atoms with E-state index in [4.69, 9.17) is 4.74 Å². The van der Waals surface area contributed by atoms with Gasteiger partial charge in [0.2, 0.25) is 0 Å². The molecule has 4 nitrogen and oxygen atoms in total. The average molecular weight is 170 g/mol. The van der Waals surface area contributed by atoms with Gasteiger partial charge in [-0.15, -0.1) is 0 Å². The van der Waals surface area contributed by atoms with Gasteiger partial charge in [0.25, 0.3) is 0 Å². The molecule has 0 aromatic heterocycles. The van der Waals surface area contributed by atoms with Crippen molar-refractivity contribution in [2.24, 2.45) is 0 Å². The SMILES string of the molecule is C=CC(=O)OCC1CCC(=O)O1. The third-order valence-electron chi connectivity index (χ3n) is 1.55. The molecule has 0 bridgehead atoms. The average Bonchev–Trinajstić information content (AvgIpc) is 2.47. The quantitative estimate of drug-likeness (QED) is 0.455. The van der Waals surface area contributed by atoms with Gasteiger partial charge in [-0.2, -0.15) is 0 Å². The lowest BCUT2D eigenvalue weighted by Gasteiger charge is -2.07. The minimum atomic E-state index is -0.488. The Balaban J connectivity index is 2.20. The smallest absolute Gasteiger partial charge is 0.330 e. The summed E-state index contributed by atoms with van der Waals surface area (Å²) in [6.07, 6.45) is 1.86. The lowest BCUT2D eigenvalue weighted by molar-refractivity contribution is -0.149. The molecule has 4 heteroatoms. The summed E-state index contributed by atoms with van der Waals surface area (Å²) in [4.78, 5) is 21.2. The van der Waals surface area contributed by atoms with Crippen molar-refractivity contribution in [3.63, 3.8) is 0 Å². The molecule has 0 N–H and O–H groups in total. The lowest BCUT2D eigenvalue weighted by Crippen LogP contribution is -2.17. The number of rotatable bonds is 3. The highest BCUT2D eigenvalue weighted by Gasteiger charge is 2.23. The maximum Gasteiger partial charge on any atom is 0.330 e. The molecule has 1 heterocycles. The molecule has 0 amide bonds. The molecule has 1 aliphatic heterocycles. The number of hydrogen-bond acceptors (Lipinski definition) is 4. The minimum absolute atomic E-state index is 0.136. The van der Waals surface area contributed by atoms with Crippen LogP contribution in [0.25, 0.3) is 0 Å².